The monoisotopic (exact) mass is 314 g/mol. The van der Waals surface area contributed by atoms with E-state index in [9.17, 15) is 4.79 Å². The van der Waals surface area contributed by atoms with Crippen LogP contribution in [0, 0.1) is 13.8 Å². The second kappa shape index (κ2) is 6.69. The Balaban J connectivity index is 1.85. The van der Waals surface area contributed by atoms with E-state index in [1.165, 1.54) is 17.5 Å². The Morgan fingerprint density at radius 2 is 2.05 bits per heavy atom. The summed E-state index contributed by atoms with van der Waals surface area (Å²) in [4.78, 5) is 16.7. The first-order valence-electron chi connectivity index (χ1n) is 7.95. The van der Waals surface area contributed by atoms with Crippen LogP contribution in [0.25, 0.3) is 5.69 Å². The molecule has 1 atom stereocenters. The minimum absolute atomic E-state index is 0.0650. The van der Waals surface area contributed by atoms with Crippen LogP contribution in [-0.2, 0) is 4.79 Å². The molecule has 0 bridgehead atoms. The van der Waals surface area contributed by atoms with Crippen LogP contribution in [0.5, 0.6) is 0 Å². The Morgan fingerprint density at radius 3 is 2.86 bits per heavy atom. The molecule has 0 aliphatic heterocycles. The Hall–Kier alpha value is -1.55. The predicted octanol–water partition coefficient (Wildman–Crippen LogP) is 4.48. The molecule has 0 amide bonds. The lowest BCUT2D eigenvalue weighted by atomic mass is 10.1. The smallest absolute Gasteiger partial charge is 0.173 e. The summed E-state index contributed by atoms with van der Waals surface area (Å²) in [5.74, 6) is 0.386. The van der Waals surface area contributed by atoms with Crippen LogP contribution in [-0.4, -0.2) is 20.6 Å². The molecular formula is C18H22N2OS. The third-order valence-electron chi connectivity index (χ3n) is 4.37. The number of carbonyl (C=O) groups excluding carboxylic acids is 1. The fraction of sp³-hybridized carbons (Fsp3) is 0.444. The first kappa shape index (κ1) is 15.3. The van der Waals surface area contributed by atoms with Gasteiger partial charge >= 0.3 is 0 Å². The van der Waals surface area contributed by atoms with Crippen molar-refractivity contribution < 1.29 is 4.79 Å². The number of ketones is 1. The van der Waals surface area contributed by atoms with E-state index in [-0.39, 0.29) is 5.25 Å². The second-order valence-corrected chi connectivity index (χ2v) is 7.19. The number of benzene rings is 1. The number of aryl methyl sites for hydroxylation is 2. The highest BCUT2D eigenvalue weighted by atomic mass is 32.2. The number of nitrogens with zero attached hydrogens (tertiary/aromatic N) is 2. The van der Waals surface area contributed by atoms with Crippen molar-refractivity contribution >= 4 is 17.5 Å². The average molecular weight is 314 g/mol. The zero-order valence-electron chi connectivity index (χ0n) is 13.2. The molecule has 1 aromatic carbocycles. The Morgan fingerprint density at radius 1 is 1.18 bits per heavy atom. The molecule has 1 heterocycles. The molecule has 0 saturated heterocycles. The summed E-state index contributed by atoms with van der Waals surface area (Å²) in [6, 6.07) is 6.43. The molecule has 22 heavy (non-hydrogen) atoms. The molecule has 0 spiro atoms. The quantitative estimate of drug-likeness (QED) is 0.783. The van der Waals surface area contributed by atoms with Crippen LogP contribution in [0.2, 0.25) is 0 Å². The van der Waals surface area contributed by atoms with E-state index in [1.807, 2.05) is 12.4 Å². The van der Waals surface area contributed by atoms with Crippen molar-refractivity contribution in [2.75, 3.05) is 0 Å². The van der Waals surface area contributed by atoms with Crippen molar-refractivity contribution in [2.45, 2.75) is 56.4 Å². The highest BCUT2D eigenvalue weighted by Crippen LogP contribution is 2.31. The van der Waals surface area contributed by atoms with Crippen LogP contribution in [0.15, 0.2) is 35.7 Å². The summed E-state index contributed by atoms with van der Waals surface area (Å²) in [5.41, 5.74) is 3.67. The zero-order valence-corrected chi connectivity index (χ0v) is 14.0. The van der Waals surface area contributed by atoms with Gasteiger partial charge in [0.2, 0.25) is 0 Å². The molecule has 0 N–H and O–H groups in total. The van der Waals surface area contributed by atoms with Gasteiger partial charge < -0.3 is 0 Å². The molecule has 1 fully saturated rings. The highest BCUT2D eigenvalue weighted by molar-refractivity contribution is 8.00. The molecule has 3 nitrogen and oxygen atoms in total. The zero-order chi connectivity index (χ0) is 15.5. The van der Waals surface area contributed by atoms with Gasteiger partial charge in [-0.3, -0.25) is 9.36 Å². The Labute approximate surface area is 136 Å². The molecule has 0 unspecified atom stereocenters. The minimum Gasteiger partial charge on any atom is -0.298 e. The van der Waals surface area contributed by atoms with Crippen molar-refractivity contribution in [3.8, 4) is 5.69 Å². The van der Waals surface area contributed by atoms with Gasteiger partial charge in [0.15, 0.2) is 5.16 Å². The molecule has 116 valence electrons. The standard InChI is InChI=1S/C18H22N2OS/c1-13-8-9-15(12-14(13)2)20-11-10-19-18(20)22-17-7-5-3-4-6-16(17)21/h8-12,17H,3-7H2,1-2H3/t17-/m0/s1. The normalized spacial score (nSPS) is 19.2. The molecule has 0 radical (unpaired) electrons. The fourth-order valence-electron chi connectivity index (χ4n) is 2.83. The van der Waals surface area contributed by atoms with Gasteiger partial charge in [-0.15, -0.1) is 0 Å². The molecular weight excluding hydrogens is 292 g/mol. The van der Waals surface area contributed by atoms with Gasteiger partial charge in [0.25, 0.3) is 0 Å². The SMILES string of the molecule is Cc1ccc(-n2ccnc2S[C@H]2CCCCCC2=O)cc1C. The van der Waals surface area contributed by atoms with E-state index in [0.717, 1.165) is 36.5 Å². The first-order chi connectivity index (χ1) is 10.6. The van der Waals surface area contributed by atoms with Crippen LogP contribution in [0.3, 0.4) is 0 Å². The molecule has 4 heteroatoms. The number of aromatic nitrogens is 2. The molecule has 1 saturated carbocycles. The van der Waals surface area contributed by atoms with Gasteiger partial charge in [0, 0.05) is 24.5 Å². The van der Waals surface area contributed by atoms with Gasteiger partial charge in [0.05, 0.1) is 5.25 Å². The maximum atomic E-state index is 12.2. The fourth-order valence-corrected chi connectivity index (χ4v) is 4.02. The summed E-state index contributed by atoms with van der Waals surface area (Å²) < 4.78 is 2.09. The lowest BCUT2D eigenvalue weighted by molar-refractivity contribution is -0.118. The Kier molecular flexibility index (Phi) is 4.67. The van der Waals surface area contributed by atoms with Gasteiger partial charge in [-0.1, -0.05) is 30.7 Å². The van der Waals surface area contributed by atoms with Crippen molar-refractivity contribution in [1.29, 1.82) is 0 Å². The van der Waals surface area contributed by atoms with Crippen molar-refractivity contribution in [3.05, 3.63) is 41.7 Å². The van der Waals surface area contributed by atoms with E-state index >= 15 is 0 Å². The van der Waals surface area contributed by atoms with E-state index < -0.39 is 0 Å². The Bertz CT molecular complexity index is 677. The topological polar surface area (TPSA) is 34.9 Å². The molecule has 1 aliphatic carbocycles. The molecule has 2 aromatic rings. The largest absolute Gasteiger partial charge is 0.298 e. The summed E-state index contributed by atoms with van der Waals surface area (Å²) in [6.45, 7) is 4.24. The number of carbonyl (C=O) groups is 1. The highest BCUT2D eigenvalue weighted by Gasteiger charge is 2.23. The number of hydrogen-bond donors (Lipinski definition) is 0. The lowest BCUT2D eigenvalue weighted by Gasteiger charge is -2.14. The average Bonchev–Trinajstić information content (AvgIpc) is 2.87. The number of imidazole rings is 1. The van der Waals surface area contributed by atoms with E-state index in [2.05, 4.69) is 41.6 Å². The van der Waals surface area contributed by atoms with Crippen LogP contribution < -0.4 is 0 Å². The second-order valence-electron chi connectivity index (χ2n) is 6.02. The van der Waals surface area contributed by atoms with Crippen molar-refractivity contribution in [2.24, 2.45) is 0 Å². The minimum atomic E-state index is 0.0650. The van der Waals surface area contributed by atoms with Gasteiger partial charge in [-0.05, 0) is 49.9 Å². The van der Waals surface area contributed by atoms with E-state index in [0.29, 0.717) is 5.78 Å². The number of thioether (sulfide) groups is 1. The van der Waals surface area contributed by atoms with E-state index in [1.54, 1.807) is 11.8 Å². The summed E-state index contributed by atoms with van der Waals surface area (Å²) in [5, 5.41) is 0.985. The number of hydrogen-bond acceptors (Lipinski definition) is 3. The number of Topliss-reactive ketones (excluding diaryl/α,β-unsaturated/α-hetero) is 1. The van der Waals surface area contributed by atoms with Crippen molar-refractivity contribution in [3.63, 3.8) is 0 Å². The van der Waals surface area contributed by atoms with Crippen LogP contribution in [0.4, 0.5) is 0 Å². The van der Waals surface area contributed by atoms with Gasteiger partial charge in [-0.2, -0.15) is 0 Å². The van der Waals surface area contributed by atoms with Crippen LogP contribution in [0.1, 0.15) is 43.2 Å². The number of rotatable bonds is 3. The third kappa shape index (κ3) is 3.27. The first-order valence-corrected chi connectivity index (χ1v) is 8.83. The third-order valence-corrected chi connectivity index (χ3v) is 5.67. The molecule has 3 rings (SSSR count). The lowest BCUT2D eigenvalue weighted by Crippen LogP contribution is -2.15. The maximum Gasteiger partial charge on any atom is 0.173 e. The molecule has 1 aliphatic rings. The predicted molar refractivity (Wildman–Crippen MR) is 90.8 cm³/mol. The maximum absolute atomic E-state index is 12.2. The van der Waals surface area contributed by atoms with Gasteiger partial charge in [0.1, 0.15) is 5.78 Å². The summed E-state index contributed by atoms with van der Waals surface area (Å²) >= 11 is 1.63. The summed E-state index contributed by atoms with van der Waals surface area (Å²) in [7, 11) is 0. The van der Waals surface area contributed by atoms with Crippen molar-refractivity contribution in [1.82, 2.24) is 9.55 Å². The summed E-state index contributed by atoms with van der Waals surface area (Å²) in [6.07, 6.45) is 8.86. The van der Waals surface area contributed by atoms with Gasteiger partial charge in [-0.25, -0.2) is 4.98 Å². The van der Waals surface area contributed by atoms with E-state index in [4.69, 9.17) is 0 Å². The van der Waals surface area contributed by atoms with Crippen LogP contribution >= 0.6 is 11.8 Å². The molecule has 1 aromatic heterocycles.